The van der Waals surface area contributed by atoms with Gasteiger partial charge < -0.3 is 15.2 Å². The fourth-order valence-electron chi connectivity index (χ4n) is 2.12. The summed E-state index contributed by atoms with van der Waals surface area (Å²) in [5, 5.41) is 11.6. The molecule has 1 saturated heterocycles. The Morgan fingerprint density at radius 3 is 3.11 bits per heavy atom. The van der Waals surface area contributed by atoms with Gasteiger partial charge in [0, 0.05) is 19.3 Å². The highest BCUT2D eigenvalue weighted by Gasteiger charge is 2.16. The van der Waals surface area contributed by atoms with E-state index in [1.807, 2.05) is 0 Å². The van der Waals surface area contributed by atoms with Gasteiger partial charge in [-0.15, -0.1) is 0 Å². The van der Waals surface area contributed by atoms with Gasteiger partial charge in [-0.3, -0.25) is 0 Å². The Kier molecular flexibility index (Phi) is 4.68. The van der Waals surface area contributed by atoms with E-state index in [4.69, 9.17) is 9.84 Å². The van der Waals surface area contributed by atoms with Gasteiger partial charge in [-0.25, -0.2) is 14.2 Å². The smallest absolute Gasteiger partial charge is 0.338 e. The lowest BCUT2D eigenvalue weighted by atomic mass is 10.1. The molecule has 1 aromatic rings. The minimum Gasteiger partial charge on any atom is -0.478 e. The van der Waals surface area contributed by atoms with Gasteiger partial charge in [-0.1, -0.05) is 0 Å². The van der Waals surface area contributed by atoms with E-state index in [1.165, 1.54) is 6.20 Å². The number of hydrogen-bond donors (Lipinski definition) is 2. The number of nitrogens with zero attached hydrogens (tertiary/aromatic N) is 1. The molecule has 1 aliphatic heterocycles. The quantitative estimate of drug-likeness (QED) is 0.857. The molecule has 0 spiro atoms. The molecule has 0 aliphatic carbocycles. The first-order chi connectivity index (χ1) is 9.18. The van der Waals surface area contributed by atoms with Crippen molar-refractivity contribution in [2.45, 2.75) is 31.8 Å². The number of rotatable bonds is 5. The Hall–Kier alpha value is -1.69. The van der Waals surface area contributed by atoms with Crippen molar-refractivity contribution >= 4 is 11.8 Å². The van der Waals surface area contributed by atoms with Crippen molar-refractivity contribution < 1.29 is 19.0 Å². The number of anilines is 1. The summed E-state index contributed by atoms with van der Waals surface area (Å²) in [6, 6.07) is 1.15. The molecular weight excluding hydrogens is 251 g/mol. The van der Waals surface area contributed by atoms with Crippen molar-refractivity contribution in [2.24, 2.45) is 0 Å². The van der Waals surface area contributed by atoms with Crippen LogP contribution in [0.25, 0.3) is 0 Å². The minimum atomic E-state index is -1.29. The van der Waals surface area contributed by atoms with Crippen LogP contribution < -0.4 is 5.32 Å². The molecule has 1 atom stereocenters. The summed E-state index contributed by atoms with van der Waals surface area (Å²) in [5.74, 6) is -2.13. The predicted octanol–water partition coefficient (Wildman–Crippen LogP) is 2.29. The van der Waals surface area contributed by atoms with Crippen LogP contribution in [0.3, 0.4) is 0 Å². The lowest BCUT2D eigenvalue weighted by molar-refractivity contribution is 0.0134. The number of carboxylic acids is 1. The van der Waals surface area contributed by atoms with E-state index in [9.17, 15) is 9.18 Å². The monoisotopic (exact) mass is 268 g/mol. The molecule has 0 amide bonds. The second kappa shape index (κ2) is 6.47. The van der Waals surface area contributed by atoms with Crippen molar-refractivity contribution in [3.05, 3.63) is 23.6 Å². The molecule has 5 nitrogen and oxygen atoms in total. The first-order valence-corrected chi connectivity index (χ1v) is 6.41. The first-order valence-electron chi connectivity index (χ1n) is 6.41. The van der Waals surface area contributed by atoms with Gasteiger partial charge in [0.25, 0.3) is 0 Å². The van der Waals surface area contributed by atoms with Crippen LogP contribution in [0.1, 0.15) is 36.0 Å². The van der Waals surface area contributed by atoms with Gasteiger partial charge in [0.2, 0.25) is 0 Å². The van der Waals surface area contributed by atoms with E-state index in [0.717, 1.165) is 38.4 Å². The van der Waals surface area contributed by atoms with Gasteiger partial charge in [0.15, 0.2) is 11.6 Å². The lowest BCUT2D eigenvalue weighted by Crippen LogP contribution is -2.22. The van der Waals surface area contributed by atoms with E-state index in [2.05, 4.69) is 10.3 Å². The molecule has 0 aromatic carbocycles. The number of carbonyl (C=O) groups is 1. The number of hydrogen-bond acceptors (Lipinski definition) is 4. The van der Waals surface area contributed by atoms with Crippen LogP contribution in [0.4, 0.5) is 10.2 Å². The summed E-state index contributed by atoms with van der Waals surface area (Å²) in [7, 11) is 0. The van der Waals surface area contributed by atoms with Crippen molar-refractivity contribution in [3.8, 4) is 0 Å². The summed E-state index contributed by atoms with van der Waals surface area (Å²) in [5.41, 5.74) is -0.369. The molecule has 1 fully saturated rings. The van der Waals surface area contributed by atoms with Gasteiger partial charge in [0.1, 0.15) is 5.56 Å². The second-order valence-electron chi connectivity index (χ2n) is 4.53. The normalized spacial score (nSPS) is 19.1. The van der Waals surface area contributed by atoms with E-state index in [-0.39, 0.29) is 17.5 Å². The maximum Gasteiger partial charge on any atom is 0.338 e. The summed E-state index contributed by atoms with van der Waals surface area (Å²) >= 11 is 0. The summed E-state index contributed by atoms with van der Waals surface area (Å²) in [4.78, 5) is 14.6. The van der Waals surface area contributed by atoms with Crippen molar-refractivity contribution in [2.75, 3.05) is 18.5 Å². The fourth-order valence-corrected chi connectivity index (χ4v) is 2.12. The highest BCUT2D eigenvalue weighted by Crippen LogP contribution is 2.17. The highest BCUT2D eigenvalue weighted by molar-refractivity contribution is 5.88. The van der Waals surface area contributed by atoms with Crippen molar-refractivity contribution in [1.82, 2.24) is 4.98 Å². The molecular formula is C13H17FN2O3. The number of halogens is 1. The van der Waals surface area contributed by atoms with E-state index < -0.39 is 11.8 Å². The summed E-state index contributed by atoms with van der Waals surface area (Å²) < 4.78 is 19.3. The van der Waals surface area contributed by atoms with E-state index in [0.29, 0.717) is 6.54 Å². The zero-order valence-electron chi connectivity index (χ0n) is 10.6. The van der Waals surface area contributed by atoms with Gasteiger partial charge in [0.05, 0.1) is 6.10 Å². The highest BCUT2D eigenvalue weighted by atomic mass is 19.1. The number of ether oxygens (including phenoxy) is 1. The number of aromatic carboxylic acids is 1. The van der Waals surface area contributed by atoms with Crippen LogP contribution in [0, 0.1) is 5.82 Å². The SMILES string of the molecule is O=C(O)c1ccnc(NCCC2CCCCO2)c1F. The fraction of sp³-hybridized carbons (Fsp3) is 0.538. The van der Waals surface area contributed by atoms with Gasteiger partial charge >= 0.3 is 5.97 Å². The molecule has 1 aromatic heterocycles. The summed E-state index contributed by atoms with van der Waals surface area (Å²) in [6.45, 7) is 1.30. The van der Waals surface area contributed by atoms with Crippen LogP contribution >= 0.6 is 0 Å². The molecule has 2 rings (SSSR count). The number of nitrogens with one attached hydrogen (secondary N) is 1. The predicted molar refractivity (Wildman–Crippen MR) is 67.9 cm³/mol. The van der Waals surface area contributed by atoms with Gasteiger partial charge in [-0.05, 0) is 31.7 Å². The Morgan fingerprint density at radius 2 is 2.42 bits per heavy atom. The average Bonchev–Trinajstić information content (AvgIpc) is 2.41. The Bertz CT molecular complexity index is 448. The molecule has 0 bridgehead atoms. The maximum atomic E-state index is 13.8. The van der Waals surface area contributed by atoms with Gasteiger partial charge in [-0.2, -0.15) is 0 Å². The number of pyridine rings is 1. The molecule has 0 saturated carbocycles. The van der Waals surface area contributed by atoms with Crippen LogP contribution in [0.5, 0.6) is 0 Å². The molecule has 1 aliphatic rings. The minimum absolute atomic E-state index is 0.0179. The number of aromatic nitrogens is 1. The third kappa shape index (κ3) is 3.64. The van der Waals surface area contributed by atoms with Crippen LogP contribution in [0.2, 0.25) is 0 Å². The Morgan fingerprint density at radius 1 is 1.58 bits per heavy atom. The Balaban J connectivity index is 1.88. The third-order valence-corrected chi connectivity index (χ3v) is 3.15. The van der Waals surface area contributed by atoms with E-state index >= 15 is 0 Å². The molecule has 2 N–H and O–H groups in total. The molecule has 104 valence electrons. The summed E-state index contributed by atoms with van der Waals surface area (Å²) in [6.07, 6.45) is 5.52. The Labute approximate surface area is 110 Å². The lowest BCUT2D eigenvalue weighted by Gasteiger charge is -2.22. The molecule has 1 unspecified atom stereocenters. The van der Waals surface area contributed by atoms with Crippen LogP contribution in [0.15, 0.2) is 12.3 Å². The standard InChI is InChI=1S/C13H17FN2O3/c14-11-10(13(17)18)5-7-16-12(11)15-6-4-9-3-1-2-8-19-9/h5,7,9H,1-4,6,8H2,(H,15,16)(H,17,18). The largest absolute Gasteiger partial charge is 0.478 e. The molecule has 6 heteroatoms. The van der Waals surface area contributed by atoms with Crippen molar-refractivity contribution in [3.63, 3.8) is 0 Å². The van der Waals surface area contributed by atoms with E-state index in [1.54, 1.807) is 0 Å². The molecule has 2 heterocycles. The topological polar surface area (TPSA) is 71.5 Å². The van der Waals surface area contributed by atoms with Crippen LogP contribution in [-0.2, 0) is 4.74 Å². The van der Waals surface area contributed by atoms with Crippen LogP contribution in [-0.4, -0.2) is 35.3 Å². The first kappa shape index (κ1) is 13.7. The third-order valence-electron chi connectivity index (χ3n) is 3.15. The van der Waals surface area contributed by atoms with Crippen molar-refractivity contribution in [1.29, 1.82) is 0 Å². The zero-order valence-corrected chi connectivity index (χ0v) is 10.6. The molecule has 0 radical (unpaired) electrons. The number of carboxylic acid groups (broad SMARTS) is 1. The maximum absolute atomic E-state index is 13.8. The molecule has 19 heavy (non-hydrogen) atoms. The second-order valence-corrected chi connectivity index (χ2v) is 4.53. The average molecular weight is 268 g/mol. The zero-order chi connectivity index (χ0) is 13.7.